The summed E-state index contributed by atoms with van der Waals surface area (Å²) < 4.78 is 0. The van der Waals surface area contributed by atoms with Gasteiger partial charge in [0.15, 0.2) is 0 Å². The summed E-state index contributed by atoms with van der Waals surface area (Å²) in [7, 11) is 1.73. The van der Waals surface area contributed by atoms with Crippen LogP contribution in [-0.2, 0) is 9.59 Å². The average molecular weight is 275 g/mol. The summed E-state index contributed by atoms with van der Waals surface area (Å²) in [4.78, 5) is 25.5. The molecule has 0 saturated heterocycles. The summed E-state index contributed by atoms with van der Waals surface area (Å²) in [5, 5.41) is 9.29. The van der Waals surface area contributed by atoms with Gasteiger partial charge in [-0.05, 0) is 37.3 Å². The first-order chi connectivity index (χ1) is 9.41. The molecule has 1 N–H and O–H groups in total. The van der Waals surface area contributed by atoms with Gasteiger partial charge >= 0.3 is 5.97 Å². The van der Waals surface area contributed by atoms with Gasteiger partial charge < -0.3 is 10.0 Å². The first-order valence-electron chi connectivity index (χ1n) is 6.97. The number of carbonyl (C=O) groups excluding carboxylic acids is 1. The van der Waals surface area contributed by atoms with Crippen LogP contribution < -0.4 is 4.90 Å². The van der Waals surface area contributed by atoms with Crippen molar-refractivity contribution < 1.29 is 14.7 Å². The summed E-state index contributed by atoms with van der Waals surface area (Å²) >= 11 is 0. The fourth-order valence-corrected chi connectivity index (χ4v) is 3.14. The second-order valence-electron chi connectivity index (χ2n) is 5.81. The number of aliphatic carboxylic acids is 1. The molecule has 0 radical (unpaired) electrons. The Kier molecular flexibility index (Phi) is 4.12. The highest BCUT2D eigenvalue weighted by atomic mass is 16.4. The van der Waals surface area contributed by atoms with Gasteiger partial charge in [-0.15, -0.1) is 0 Å². The van der Waals surface area contributed by atoms with E-state index < -0.39 is 17.8 Å². The molecule has 4 heteroatoms. The molecule has 108 valence electrons. The number of carbonyl (C=O) groups is 2. The molecule has 0 aliphatic heterocycles. The Balaban J connectivity index is 2.22. The molecule has 20 heavy (non-hydrogen) atoms. The van der Waals surface area contributed by atoms with Gasteiger partial charge in [0, 0.05) is 12.7 Å². The van der Waals surface area contributed by atoms with Crippen LogP contribution in [0.1, 0.15) is 25.3 Å². The summed E-state index contributed by atoms with van der Waals surface area (Å²) in [5.41, 5.74) is 1.86. The number of rotatable bonds is 3. The predicted molar refractivity (Wildman–Crippen MR) is 77.6 cm³/mol. The van der Waals surface area contributed by atoms with E-state index in [0.717, 1.165) is 11.3 Å². The van der Waals surface area contributed by atoms with Crippen LogP contribution in [0.4, 0.5) is 5.69 Å². The number of nitrogens with zero attached hydrogens (tertiary/aromatic N) is 1. The highest BCUT2D eigenvalue weighted by molar-refractivity contribution is 5.97. The van der Waals surface area contributed by atoms with E-state index in [1.165, 1.54) is 0 Å². The molecule has 1 aliphatic carbocycles. The lowest BCUT2D eigenvalue weighted by atomic mass is 9.94. The van der Waals surface area contributed by atoms with Crippen molar-refractivity contribution in [3.63, 3.8) is 0 Å². The minimum absolute atomic E-state index is 0.0870. The molecule has 1 aliphatic rings. The fraction of sp³-hybridized carbons (Fsp3) is 0.500. The smallest absolute Gasteiger partial charge is 0.307 e. The molecule has 1 aromatic rings. The van der Waals surface area contributed by atoms with E-state index in [4.69, 9.17) is 0 Å². The zero-order valence-electron chi connectivity index (χ0n) is 12.2. The lowest BCUT2D eigenvalue weighted by Gasteiger charge is -2.24. The highest BCUT2D eigenvalue weighted by Crippen LogP contribution is 2.38. The van der Waals surface area contributed by atoms with Crippen molar-refractivity contribution in [2.24, 2.45) is 17.8 Å². The Morgan fingerprint density at radius 3 is 2.40 bits per heavy atom. The maximum Gasteiger partial charge on any atom is 0.307 e. The number of carboxylic acid groups (broad SMARTS) is 1. The van der Waals surface area contributed by atoms with Crippen molar-refractivity contribution >= 4 is 17.6 Å². The van der Waals surface area contributed by atoms with Gasteiger partial charge in [-0.1, -0.05) is 25.1 Å². The van der Waals surface area contributed by atoms with Crippen molar-refractivity contribution in [2.75, 3.05) is 11.9 Å². The lowest BCUT2D eigenvalue weighted by molar-refractivity contribution is -0.145. The summed E-state index contributed by atoms with van der Waals surface area (Å²) in [6.45, 7) is 3.96. The Morgan fingerprint density at radius 1 is 1.20 bits per heavy atom. The number of aryl methyl sites for hydroxylation is 1. The van der Waals surface area contributed by atoms with Crippen LogP contribution in [0.3, 0.4) is 0 Å². The van der Waals surface area contributed by atoms with Gasteiger partial charge in [0.1, 0.15) is 0 Å². The zero-order valence-corrected chi connectivity index (χ0v) is 12.2. The third kappa shape index (κ3) is 2.69. The zero-order chi connectivity index (χ0) is 14.9. The fourth-order valence-electron chi connectivity index (χ4n) is 3.14. The Hall–Kier alpha value is -1.84. The first kappa shape index (κ1) is 14.6. The second-order valence-corrected chi connectivity index (χ2v) is 5.81. The van der Waals surface area contributed by atoms with Gasteiger partial charge in [0.05, 0.1) is 11.8 Å². The second kappa shape index (κ2) is 5.65. The average Bonchev–Trinajstić information content (AvgIpc) is 2.80. The summed E-state index contributed by atoms with van der Waals surface area (Å²) in [5.74, 6) is -1.62. The Morgan fingerprint density at radius 2 is 1.80 bits per heavy atom. The topological polar surface area (TPSA) is 57.6 Å². The number of amides is 1. The number of para-hydroxylation sites is 1. The largest absolute Gasteiger partial charge is 0.481 e. The minimum Gasteiger partial charge on any atom is -0.481 e. The van der Waals surface area contributed by atoms with Crippen LogP contribution in [0.5, 0.6) is 0 Å². The molecule has 1 saturated carbocycles. The van der Waals surface area contributed by atoms with Gasteiger partial charge in [0.2, 0.25) is 5.91 Å². The summed E-state index contributed by atoms with van der Waals surface area (Å²) in [6, 6.07) is 7.65. The molecule has 0 bridgehead atoms. The SMILES string of the molecule is Cc1ccccc1N(C)C(=O)[C@H]1CC(C)C[C@H]1C(=O)O. The standard InChI is InChI=1S/C16H21NO3/c1-10-8-12(13(9-10)16(19)20)15(18)17(3)14-7-5-4-6-11(14)2/h4-7,10,12-13H,8-9H2,1-3H3,(H,19,20)/t10?,12-,13+/m0/s1. The van der Waals surface area contributed by atoms with Gasteiger partial charge in [-0.25, -0.2) is 0 Å². The molecule has 1 fully saturated rings. The first-order valence-corrected chi connectivity index (χ1v) is 6.97. The van der Waals surface area contributed by atoms with E-state index in [1.54, 1.807) is 11.9 Å². The molecule has 4 nitrogen and oxygen atoms in total. The molecule has 0 aromatic heterocycles. The van der Waals surface area contributed by atoms with Crippen molar-refractivity contribution in [3.8, 4) is 0 Å². The van der Waals surface area contributed by atoms with E-state index in [1.807, 2.05) is 38.1 Å². The van der Waals surface area contributed by atoms with Crippen molar-refractivity contribution in [2.45, 2.75) is 26.7 Å². The molecular weight excluding hydrogens is 254 g/mol. The van der Waals surface area contributed by atoms with E-state index in [2.05, 4.69) is 0 Å². The highest BCUT2D eigenvalue weighted by Gasteiger charge is 2.42. The number of anilines is 1. The molecule has 1 unspecified atom stereocenters. The van der Waals surface area contributed by atoms with Crippen LogP contribution >= 0.6 is 0 Å². The third-order valence-electron chi connectivity index (χ3n) is 4.24. The van der Waals surface area contributed by atoms with Crippen LogP contribution in [-0.4, -0.2) is 24.0 Å². The van der Waals surface area contributed by atoms with Crippen molar-refractivity contribution in [3.05, 3.63) is 29.8 Å². The van der Waals surface area contributed by atoms with Crippen LogP contribution in [0.2, 0.25) is 0 Å². The molecule has 0 heterocycles. The molecular formula is C16H21NO3. The van der Waals surface area contributed by atoms with Crippen LogP contribution in [0.15, 0.2) is 24.3 Å². The molecule has 1 amide bonds. The maximum absolute atomic E-state index is 12.6. The maximum atomic E-state index is 12.6. The number of carboxylic acids is 1. The minimum atomic E-state index is -0.856. The molecule has 1 aromatic carbocycles. The number of hydrogen-bond donors (Lipinski definition) is 1. The van der Waals surface area contributed by atoms with Crippen molar-refractivity contribution in [1.29, 1.82) is 0 Å². The summed E-state index contributed by atoms with van der Waals surface area (Å²) in [6.07, 6.45) is 1.25. The predicted octanol–water partition coefficient (Wildman–Crippen LogP) is 2.70. The number of benzene rings is 1. The van der Waals surface area contributed by atoms with Gasteiger partial charge in [-0.2, -0.15) is 0 Å². The van der Waals surface area contributed by atoms with Crippen LogP contribution in [0.25, 0.3) is 0 Å². The van der Waals surface area contributed by atoms with Crippen molar-refractivity contribution in [1.82, 2.24) is 0 Å². The molecule has 3 atom stereocenters. The van der Waals surface area contributed by atoms with Gasteiger partial charge in [-0.3, -0.25) is 9.59 Å². The molecule has 0 spiro atoms. The van der Waals surface area contributed by atoms with E-state index in [0.29, 0.717) is 12.8 Å². The quantitative estimate of drug-likeness (QED) is 0.922. The monoisotopic (exact) mass is 275 g/mol. The Labute approximate surface area is 119 Å². The molecule has 2 rings (SSSR count). The van der Waals surface area contributed by atoms with E-state index >= 15 is 0 Å². The Bertz CT molecular complexity index is 526. The normalized spacial score (nSPS) is 25.4. The number of hydrogen-bond acceptors (Lipinski definition) is 2. The third-order valence-corrected chi connectivity index (χ3v) is 4.24. The van der Waals surface area contributed by atoms with E-state index in [-0.39, 0.29) is 11.8 Å². The van der Waals surface area contributed by atoms with E-state index in [9.17, 15) is 14.7 Å². The lowest BCUT2D eigenvalue weighted by Crippen LogP contribution is -2.37. The van der Waals surface area contributed by atoms with Gasteiger partial charge in [0.25, 0.3) is 0 Å². The van der Waals surface area contributed by atoms with Crippen LogP contribution in [0, 0.1) is 24.7 Å².